The van der Waals surface area contributed by atoms with Crippen LogP contribution in [0.2, 0.25) is 0 Å². The average Bonchev–Trinajstić information content (AvgIpc) is 3.06. The van der Waals surface area contributed by atoms with E-state index in [2.05, 4.69) is 6.92 Å². The highest BCUT2D eigenvalue weighted by atomic mass is 16.2. The Balaban J connectivity index is 1.71. The van der Waals surface area contributed by atoms with Gasteiger partial charge in [0, 0.05) is 30.5 Å². The van der Waals surface area contributed by atoms with Gasteiger partial charge in [0.1, 0.15) is 6.04 Å². The van der Waals surface area contributed by atoms with Gasteiger partial charge >= 0.3 is 0 Å². The zero-order chi connectivity index (χ0) is 20.1. The molecule has 1 aliphatic heterocycles. The van der Waals surface area contributed by atoms with Gasteiger partial charge in [0.2, 0.25) is 11.8 Å². The molecule has 2 atom stereocenters. The first-order chi connectivity index (χ1) is 13.5. The molecule has 1 heterocycles. The van der Waals surface area contributed by atoms with Gasteiger partial charge < -0.3 is 10.6 Å². The van der Waals surface area contributed by atoms with Crippen molar-refractivity contribution in [1.29, 1.82) is 0 Å². The first kappa shape index (κ1) is 19.8. The van der Waals surface area contributed by atoms with Gasteiger partial charge in [-0.05, 0) is 17.9 Å². The number of nitrogens with zero attached hydrogens (tertiary/aromatic N) is 1. The molecule has 146 valence electrons. The lowest BCUT2D eigenvalue weighted by Crippen LogP contribution is -2.47. The van der Waals surface area contributed by atoms with Gasteiger partial charge in [-0.2, -0.15) is 0 Å². The van der Waals surface area contributed by atoms with Crippen LogP contribution in [-0.2, 0) is 16.0 Å². The Morgan fingerprint density at radius 1 is 1.07 bits per heavy atom. The summed E-state index contributed by atoms with van der Waals surface area (Å²) < 4.78 is 0. The number of primary amides is 1. The van der Waals surface area contributed by atoms with E-state index in [0.717, 1.165) is 18.4 Å². The van der Waals surface area contributed by atoms with Crippen molar-refractivity contribution in [3.8, 4) is 0 Å². The maximum atomic E-state index is 12.5. The second-order valence-corrected chi connectivity index (χ2v) is 7.42. The molecule has 2 N–H and O–H groups in total. The van der Waals surface area contributed by atoms with E-state index in [0.29, 0.717) is 36.4 Å². The third kappa shape index (κ3) is 4.47. The van der Waals surface area contributed by atoms with Crippen molar-refractivity contribution in [3.05, 3.63) is 71.3 Å². The molecule has 2 unspecified atom stereocenters. The van der Waals surface area contributed by atoms with Crippen LogP contribution in [0.1, 0.15) is 47.7 Å². The van der Waals surface area contributed by atoms with Crippen LogP contribution in [0, 0.1) is 5.92 Å². The molecule has 3 rings (SSSR count). The van der Waals surface area contributed by atoms with Crippen molar-refractivity contribution in [3.63, 3.8) is 0 Å². The highest BCUT2D eigenvalue weighted by molar-refractivity contribution is 6.08. The lowest BCUT2D eigenvalue weighted by molar-refractivity contribution is -0.136. The first-order valence-corrected chi connectivity index (χ1v) is 9.77. The third-order valence-electron chi connectivity index (χ3n) is 5.32. The molecule has 1 aliphatic rings. The zero-order valence-corrected chi connectivity index (χ0v) is 16.1. The quantitative estimate of drug-likeness (QED) is 0.717. The molecule has 5 nitrogen and oxygen atoms in total. The Kier molecular flexibility index (Phi) is 6.24. The van der Waals surface area contributed by atoms with Crippen LogP contribution < -0.4 is 5.73 Å². The van der Waals surface area contributed by atoms with Gasteiger partial charge in [-0.1, -0.05) is 67.9 Å². The van der Waals surface area contributed by atoms with E-state index in [1.807, 2.05) is 30.3 Å². The van der Waals surface area contributed by atoms with E-state index < -0.39 is 11.9 Å². The zero-order valence-electron chi connectivity index (χ0n) is 16.1. The van der Waals surface area contributed by atoms with Crippen molar-refractivity contribution in [1.82, 2.24) is 4.90 Å². The summed E-state index contributed by atoms with van der Waals surface area (Å²) in [6.07, 6.45) is 2.84. The van der Waals surface area contributed by atoms with Crippen LogP contribution in [0.25, 0.3) is 0 Å². The number of nitrogens with two attached hydrogens (primary N) is 1. The summed E-state index contributed by atoms with van der Waals surface area (Å²) >= 11 is 0. The summed E-state index contributed by atoms with van der Waals surface area (Å²) in [5.41, 5.74) is 7.71. The number of carbonyl (C=O) groups is 3. The summed E-state index contributed by atoms with van der Waals surface area (Å²) in [7, 11) is 0. The molecule has 28 heavy (non-hydrogen) atoms. The number of benzene rings is 2. The standard InChI is InChI=1S/C23H26N2O3/c1-2-6-17-14-21(26)25(15-17)20(23(24)28)13-16-9-11-19(12-10-16)22(27)18-7-4-3-5-8-18/h3-5,7-12,17,20H,2,6,13-15H2,1H3,(H2,24,28). The highest BCUT2D eigenvalue weighted by Crippen LogP contribution is 2.25. The van der Waals surface area contributed by atoms with E-state index in [1.165, 1.54) is 0 Å². The molecule has 0 spiro atoms. The maximum absolute atomic E-state index is 12.5. The van der Waals surface area contributed by atoms with Crippen LogP contribution in [0.15, 0.2) is 54.6 Å². The fourth-order valence-electron chi connectivity index (χ4n) is 3.85. The topological polar surface area (TPSA) is 80.5 Å². The second kappa shape index (κ2) is 8.83. The monoisotopic (exact) mass is 378 g/mol. The SMILES string of the molecule is CCCC1CC(=O)N(C(Cc2ccc(C(=O)c3ccccc3)cc2)C(N)=O)C1. The second-order valence-electron chi connectivity index (χ2n) is 7.42. The number of hydrogen-bond donors (Lipinski definition) is 1. The van der Waals surface area contributed by atoms with Crippen LogP contribution in [0.4, 0.5) is 0 Å². The van der Waals surface area contributed by atoms with Crippen molar-refractivity contribution >= 4 is 17.6 Å². The molecule has 0 radical (unpaired) electrons. The molecule has 0 aromatic heterocycles. The lowest BCUT2D eigenvalue weighted by Gasteiger charge is -2.26. The van der Waals surface area contributed by atoms with Crippen LogP contribution in [0.5, 0.6) is 0 Å². The molecule has 2 amide bonds. The number of ketones is 1. The normalized spacial score (nSPS) is 17.5. The van der Waals surface area contributed by atoms with E-state index in [9.17, 15) is 14.4 Å². The lowest BCUT2D eigenvalue weighted by atomic mass is 9.99. The van der Waals surface area contributed by atoms with Crippen LogP contribution in [-0.4, -0.2) is 35.1 Å². The number of amides is 2. The molecular weight excluding hydrogens is 352 g/mol. The van der Waals surface area contributed by atoms with Crippen molar-refractivity contribution < 1.29 is 14.4 Å². The molecule has 2 aromatic rings. The van der Waals surface area contributed by atoms with E-state index >= 15 is 0 Å². The Labute approximate surface area is 165 Å². The Morgan fingerprint density at radius 3 is 2.32 bits per heavy atom. The highest BCUT2D eigenvalue weighted by Gasteiger charge is 2.36. The smallest absolute Gasteiger partial charge is 0.240 e. The summed E-state index contributed by atoms with van der Waals surface area (Å²) in [5, 5.41) is 0. The number of carbonyl (C=O) groups excluding carboxylic acids is 3. The number of likely N-dealkylation sites (tertiary alicyclic amines) is 1. The van der Waals surface area contributed by atoms with Crippen molar-refractivity contribution in [2.45, 2.75) is 38.6 Å². The minimum Gasteiger partial charge on any atom is -0.368 e. The molecule has 5 heteroatoms. The summed E-state index contributed by atoms with van der Waals surface area (Å²) in [4.78, 5) is 38.5. The maximum Gasteiger partial charge on any atom is 0.240 e. The Bertz CT molecular complexity index is 846. The summed E-state index contributed by atoms with van der Waals surface area (Å²) in [6, 6.07) is 15.6. The predicted octanol–water partition coefficient (Wildman–Crippen LogP) is 2.96. The fourth-order valence-corrected chi connectivity index (χ4v) is 3.85. The Hall–Kier alpha value is -2.95. The van der Waals surface area contributed by atoms with Gasteiger partial charge in [-0.3, -0.25) is 14.4 Å². The largest absolute Gasteiger partial charge is 0.368 e. The molecular formula is C23H26N2O3. The summed E-state index contributed by atoms with van der Waals surface area (Å²) in [6.45, 7) is 2.68. The molecule has 1 fully saturated rings. The molecule has 0 bridgehead atoms. The first-order valence-electron chi connectivity index (χ1n) is 9.77. The number of hydrogen-bond acceptors (Lipinski definition) is 3. The van der Waals surface area contributed by atoms with E-state index in [4.69, 9.17) is 5.73 Å². The van der Waals surface area contributed by atoms with E-state index in [1.54, 1.807) is 29.2 Å². The van der Waals surface area contributed by atoms with Crippen molar-refractivity contribution in [2.75, 3.05) is 6.54 Å². The van der Waals surface area contributed by atoms with Gasteiger partial charge in [0.15, 0.2) is 5.78 Å². The van der Waals surface area contributed by atoms with Crippen molar-refractivity contribution in [2.24, 2.45) is 11.7 Å². The summed E-state index contributed by atoms with van der Waals surface area (Å²) in [5.74, 6) is -0.242. The van der Waals surface area contributed by atoms with Crippen LogP contribution >= 0.6 is 0 Å². The Morgan fingerprint density at radius 2 is 1.71 bits per heavy atom. The molecule has 0 aliphatic carbocycles. The van der Waals surface area contributed by atoms with Crippen LogP contribution in [0.3, 0.4) is 0 Å². The van der Waals surface area contributed by atoms with E-state index in [-0.39, 0.29) is 11.7 Å². The van der Waals surface area contributed by atoms with Gasteiger partial charge in [0.05, 0.1) is 0 Å². The van der Waals surface area contributed by atoms with Gasteiger partial charge in [-0.15, -0.1) is 0 Å². The average molecular weight is 378 g/mol. The van der Waals surface area contributed by atoms with Gasteiger partial charge in [0.25, 0.3) is 0 Å². The van der Waals surface area contributed by atoms with Gasteiger partial charge in [-0.25, -0.2) is 0 Å². The predicted molar refractivity (Wildman–Crippen MR) is 108 cm³/mol. The fraction of sp³-hybridized carbons (Fsp3) is 0.348. The molecule has 0 saturated carbocycles. The minimum atomic E-state index is -0.648. The molecule has 1 saturated heterocycles. The minimum absolute atomic E-state index is 0.00174. The number of rotatable bonds is 8. The molecule has 2 aromatic carbocycles. The third-order valence-corrected chi connectivity index (χ3v) is 5.32.